The van der Waals surface area contributed by atoms with E-state index in [0.29, 0.717) is 6.04 Å². The highest BCUT2D eigenvalue weighted by molar-refractivity contribution is 5.46. The van der Waals surface area contributed by atoms with Crippen LogP contribution in [0, 0.1) is 5.92 Å². The minimum atomic E-state index is 0.438. The second kappa shape index (κ2) is 4.53. The van der Waals surface area contributed by atoms with Crippen LogP contribution in [0.4, 0.5) is 5.69 Å². The van der Waals surface area contributed by atoms with Crippen molar-refractivity contribution in [3.63, 3.8) is 0 Å². The van der Waals surface area contributed by atoms with E-state index >= 15 is 0 Å². The summed E-state index contributed by atoms with van der Waals surface area (Å²) in [7, 11) is 1.68. The zero-order chi connectivity index (χ0) is 10.7. The van der Waals surface area contributed by atoms with Crippen LogP contribution in [0.25, 0.3) is 0 Å². The van der Waals surface area contributed by atoms with Crippen molar-refractivity contribution in [3.8, 4) is 5.75 Å². The summed E-state index contributed by atoms with van der Waals surface area (Å²) in [6, 6.07) is 8.45. The molecule has 0 aliphatic heterocycles. The van der Waals surface area contributed by atoms with Crippen molar-refractivity contribution in [1.29, 1.82) is 0 Å². The number of ether oxygens (including phenoxy) is 1. The Kier molecular flexibility index (Phi) is 3.11. The van der Waals surface area contributed by atoms with Crippen LogP contribution in [-0.2, 0) is 0 Å². The van der Waals surface area contributed by atoms with Gasteiger partial charge in [0.25, 0.3) is 0 Å². The fraction of sp³-hybridized carbons (Fsp3) is 0.500. The van der Waals surface area contributed by atoms with Gasteiger partial charge < -0.3 is 15.8 Å². The third kappa shape index (κ3) is 2.63. The quantitative estimate of drug-likeness (QED) is 0.790. The molecule has 0 heterocycles. The number of anilines is 1. The summed E-state index contributed by atoms with van der Waals surface area (Å²) < 4.78 is 5.10. The lowest BCUT2D eigenvalue weighted by molar-refractivity contribution is 0.280. The zero-order valence-corrected chi connectivity index (χ0v) is 9.07. The van der Waals surface area contributed by atoms with Gasteiger partial charge in [-0.15, -0.1) is 0 Å². The standard InChI is InChI=1S/C12H18N2O/c1-15-12-4-2-11(3-5-12)14-8-9-6-10(13)7-9/h2-5,9-10,14H,6-8,13H2,1H3. The first-order valence-electron chi connectivity index (χ1n) is 5.41. The van der Waals surface area contributed by atoms with Crippen LogP contribution >= 0.6 is 0 Å². The summed E-state index contributed by atoms with van der Waals surface area (Å²) in [5.41, 5.74) is 6.88. The Balaban J connectivity index is 1.78. The molecule has 15 heavy (non-hydrogen) atoms. The molecule has 1 aromatic carbocycles. The predicted octanol–water partition coefficient (Wildman–Crippen LogP) is 1.84. The smallest absolute Gasteiger partial charge is 0.119 e. The second-order valence-corrected chi connectivity index (χ2v) is 4.21. The number of methoxy groups -OCH3 is 1. The Morgan fingerprint density at radius 1 is 1.33 bits per heavy atom. The van der Waals surface area contributed by atoms with E-state index in [0.717, 1.165) is 36.7 Å². The number of hydrogen-bond acceptors (Lipinski definition) is 3. The largest absolute Gasteiger partial charge is 0.497 e. The minimum Gasteiger partial charge on any atom is -0.497 e. The fourth-order valence-corrected chi connectivity index (χ4v) is 1.92. The molecule has 1 aromatic rings. The van der Waals surface area contributed by atoms with Crippen LogP contribution in [0.3, 0.4) is 0 Å². The number of nitrogens with two attached hydrogens (primary N) is 1. The maximum atomic E-state index is 5.73. The number of hydrogen-bond donors (Lipinski definition) is 2. The Hall–Kier alpha value is -1.22. The SMILES string of the molecule is COc1ccc(NCC2CC(N)C2)cc1. The van der Waals surface area contributed by atoms with Gasteiger partial charge in [0.1, 0.15) is 5.75 Å². The molecule has 0 unspecified atom stereocenters. The van der Waals surface area contributed by atoms with Crippen LogP contribution in [-0.4, -0.2) is 19.7 Å². The first-order valence-corrected chi connectivity index (χ1v) is 5.41. The molecule has 0 spiro atoms. The molecule has 0 radical (unpaired) electrons. The van der Waals surface area contributed by atoms with Gasteiger partial charge in [-0.3, -0.25) is 0 Å². The van der Waals surface area contributed by atoms with E-state index in [1.165, 1.54) is 0 Å². The van der Waals surface area contributed by atoms with E-state index in [1.54, 1.807) is 7.11 Å². The second-order valence-electron chi connectivity index (χ2n) is 4.21. The average molecular weight is 206 g/mol. The maximum Gasteiger partial charge on any atom is 0.119 e. The van der Waals surface area contributed by atoms with Crippen molar-refractivity contribution in [2.24, 2.45) is 11.7 Å². The summed E-state index contributed by atoms with van der Waals surface area (Å²) in [5, 5.41) is 3.41. The number of benzene rings is 1. The van der Waals surface area contributed by atoms with Crippen molar-refractivity contribution in [1.82, 2.24) is 0 Å². The van der Waals surface area contributed by atoms with Gasteiger partial charge in [0.05, 0.1) is 7.11 Å². The van der Waals surface area contributed by atoms with Gasteiger partial charge in [-0.25, -0.2) is 0 Å². The first-order chi connectivity index (χ1) is 7.28. The Morgan fingerprint density at radius 2 is 2.00 bits per heavy atom. The van der Waals surface area contributed by atoms with E-state index in [-0.39, 0.29) is 0 Å². The predicted molar refractivity (Wildman–Crippen MR) is 62.2 cm³/mol. The van der Waals surface area contributed by atoms with Gasteiger partial charge >= 0.3 is 0 Å². The molecule has 1 aliphatic rings. The molecule has 3 N–H and O–H groups in total. The lowest BCUT2D eigenvalue weighted by atomic mass is 9.81. The molecular weight excluding hydrogens is 188 g/mol. The third-order valence-electron chi connectivity index (χ3n) is 2.96. The molecule has 1 fully saturated rings. The molecule has 1 saturated carbocycles. The van der Waals surface area contributed by atoms with Gasteiger partial charge in [0, 0.05) is 18.3 Å². The number of rotatable bonds is 4. The zero-order valence-electron chi connectivity index (χ0n) is 9.07. The topological polar surface area (TPSA) is 47.3 Å². The van der Waals surface area contributed by atoms with E-state index in [4.69, 9.17) is 10.5 Å². The van der Waals surface area contributed by atoms with Gasteiger partial charge in [-0.05, 0) is 43.0 Å². The van der Waals surface area contributed by atoms with E-state index < -0.39 is 0 Å². The molecule has 0 bridgehead atoms. The minimum absolute atomic E-state index is 0.438. The van der Waals surface area contributed by atoms with Crippen molar-refractivity contribution in [3.05, 3.63) is 24.3 Å². The van der Waals surface area contributed by atoms with E-state index in [1.807, 2.05) is 24.3 Å². The lowest BCUT2D eigenvalue weighted by Crippen LogP contribution is -2.39. The highest BCUT2D eigenvalue weighted by atomic mass is 16.5. The monoisotopic (exact) mass is 206 g/mol. The molecule has 0 saturated heterocycles. The summed E-state index contributed by atoms with van der Waals surface area (Å²) in [6.45, 7) is 1.03. The molecule has 3 heteroatoms. The van der Waals surface area contributed by atoms with Crippen LogP contribution in [0.5, 0.6) is 5.75 Å². The first kappa shape index (κ1) is 10.3. The molecular formula is C12H18N2O. The van der Waals surface area contributed by atoms with Crippen molar-refractivity contribution < 1.29 is 4.74 Å². The highest BCUT2D eigenvalue weighted by Gasteiger charge is 2.25. The van der Waals surface area contributed by atoms with Gasteiger partial charge in [-0.1, -0.05) is 0 Å². The molecule has 0 atom stereocenters. The van der Waals surface area contributed by atoms with Crippen molar-refractivity contribution >= 4 is 5.69 Å². The molecule has 3 nitrogen and oxygen atoms in total. The van der Waals surface area contributed by atoms with Crippen molar-refractivity contribution in [2.75, 3.05) is 19.0 Å². The summed E-state index contributed by atoms with van der Waals surface area (Å²) in [4.78, 5) is 0. The maximum absolute atomic E-state index is 5.73. The van der Waals surface area contributed by atoms with Crippen LogP contribution in [0.2, 0.25) is 0 Å². The average Bonchev–Trinajstić information content (AvgIpc) is 2.23. The van der Waals surface area contributed by atoms with Crippen LogP contribution in [0.1, 0.15) is 12.8 Å². The van der Waals surface area contributed by atoms with E-state index in [2.05, 4.69) is 5.32 Å². The molecule has 0 aromatic heterocycles. The third-order valence-corrected chi connectivity index (χ3v) is 2.96. The fourth-order valence-electron chi connectivity index (χ4n) is 1.92. The normalized spacial score (nSPS) is 24.4. The van der Waals surface area contributed by atoms with E-state index in [9.17, 15) is 0 Å². The summed E-state index contributed by atoms with van der Waals surface area (Å²) in [6.07, 6.45) is 2.31. The van der Waals surface area contributed by atoms with Gasteiger partial charge in [0.15, 0.2) is 0 Å². The highest BCUT2D eigenvalue weighted by Crippen LogP contribution is 2.26. The van der Waals surface area contributed by atoms with Crippen molar-refractivity contribution in [2.45, 2.75) is 18.9 Å². The summed E-state index contributed by atoms with van der Waals surface area (Å²) in [5.74, 6) is 1.65. The van der Waals surface area contributed by atoms with Gasteiger partial charge in [0.2, 0.25) is 0 Å². The Bertz CT molecular complexity index is 304. The molecule has 0 amide bonds. The molecule has 2 rings (SSSR count). The van der Waals surface area contributed by atoms with Crippen LogP contribution < -0.4 is 15.8 Å². The van der Waals surface area contributed by atoms with Crippen LogP contribution in [0.15, 0.2) is 24.3 Å². The lowest BCUT2D eigenvalue weighted by Gasteiger charge is -2.32. The summed E-state index contributed by atoms with van der Waals surface area (Å²) >= 11 is 0. The molecule has 82 valence electrons. The van der Waals surface area contributed by atoms with Gasteiger partial charge in [-0.2, -0.15) is 0 Å². The Labute approximate surface area is 90.6 Å². The molecule has 1 aliphatic carbocycles. The Morgan fingerprint density at radius 3 is 2.53 bits per heavy atom. The number of nitrogens with one attached hydrogen (secondary N) is 1.